The fourth-order valence-electron chi connectivity index (χ4n) is 3.59. The maximum absolute atomic E-state index is 13.2. The molecule has 0 saturated carbocycles. The van der Waals surface area contributed by atoms with Crippen molar-refractivity contribution in [1.29, 1.82) is 0 Å². The molecular formula is C21H18ClN7O2. The van der Waals surface area contributed by atoms with Crippen LogP contribution in [-0.2, 0) is 19.7 Å². The molecule has 0 spiro atoms. The van der Waals surface area contributed by atoms with E-state index in [1.54, 1.807) is 23.5 Å². The summed E-state index contributed by atoms with van der Waals surface area (Å²) in [7, 11) is 0. The van der Waals surface area contributed by atoms with Crippen molar-refractivity contribution in [3.8, 4) is 0 Å². The Morgan fingerprint density at radius 3 is 2.97 bits per heavy atom. The number of carbonyl (C=O) groups is 1. The maximum atomic E-state index is 13.2. The largest absolute Gasteiger partial charge is 0.390 e. The van der Waals surface area contributed by atoms with Crippen LogP contribution in [0, 0.1) is 0 Å². The predicted octanol–water partition coefficient (Wildman–Crippen LogP) is 2.69. The summed E-state index contributed by atoms with van der Waals surface area (Å²) in [5.41, 5.74) is 4.12. The van der Waals surface area contributed by atoms with Crippen molar-refractivity contribution in [3.05, 3.63) is 89.1 Å². The highest BCUT2D eigenvalue weighted by Gasteiger charge is 2.21. The molecule has 0 saturated heterocycles. The molecule has 156 valence electrons. The lowest BCUT2D eigenvalue weighted by atomic mass is 10.2. The molecule has 0 bridgehead atoms. The minimum absolute atomic E-state index is 0.105. The van der Waals surface area contributed by atoms with E-state index in [-0.39, 0.29) is 25.6 Å². The second-order valence-corrected chi connectivity index (χ2v) is 7.55. The summed E-state index contributed by atoms with van der Waals surface area (Å²) < 4.78 is 3.68. The topological polar surface area (TPSA) is 104 Å². The molecule has 10 heteroatoms. The molecule has 0 radical (unpaired) electrons. The van der Waals surface area contributed by atoms with Crippen LogP contribution < -0.4 is 0 Å². The summed E-state index contributed by atoms with van der Waals surface area (Å²) in [6.07, 6.45) is 8.41. The first-order valence-electron chi connectivity index (χ1n) is 9.58. The van der Waals surface area contributed by atoms with Gasteiger partial charge in [0.25, 0.3) is 5.91 Å². The number of halogens is 1. The van der Waals surface area contributed by atoms with E-state index in [4.69, 9.17) is 11.6 Å². The molecule has 5 aromatic rings. The van der Waals surface area contributed by atoms with Crippen LogP contribution in [0.5, 0.6) is 0 Å². The van der Waals surface area contributed by atoms with Gasteiger partial charge in [0.05, 0.1) is 54.7 Å². The number of aliphatic hydroxyl groups excluding tert-OH is 1. The first-order chi connectivity index (χ1) is 15.1. The number of nitrogens with one attached hydrogen (secondary N) is 1. The molecule has 1 amide bonds. The highest BCUT2D eigenvalue weighted by atomic mass is 35.5. The third-order valence-corrected chi connectivity index (χ3v) is 5.33. The molecule has 0 aliphatic carbocycles. The van der Waals surface area contributed by atoms with Gasteiger partial charge in [0, 0.05) is 29.3 Å². The number of aromatic amines is 1. The van der Waals surface area contributed by atoms with Gasteiger partial charge >= 0.3 is 0 Å². The van der Waals surface area contributed by atoms with Crippen molar-refractivity contribution in [1.82, 2.24) is 33.9 Å². The second kappa shape index (κ2) is 7.86. The van der Waals surface area contributed by atoms with Gasteiger partial charge in [-0.3, -0.25) is 9.89 Å². The Morgan fingerprint density at radius 1 is 1.26 bits per heavy atom. The van der Waals surface area contributed by atoms with Gasteiger partial charge in [-0.05, 0) is 24.3 Å². The summed E-state index contributed by atoms with van der Waals surface area (Å²) in [5.74, 6) is -0.198. The van der Waals surface area contributed by atoms with E-state index in [2.05, 4.69) is 20.2 Å². The smallest absolute Gasteiger partial charge is 0.257 e. The van der Waals surface area contributed by atoms with Crippen LogP contribution in [0.3, 0.4) is 0 Å². The maximum Gasteiger partial charge on any atom is 0.257 e. The SMILES string of the molecule is O=C(c1cn[nH]c1)N(Cc1cn2c(CO)cccc2n1)Cc1ncn2ccc(Cl)cc12. The van der Waals surface area contributed by atoms with Crippen LogP contribution in [0.15, 0.2) is 61.4 Å². The third kappa shape index (κ3) is 3.65. The zero-order valence-electron chi connectivity index (χ0n) is 16.3. The van der Waals surface area contributed by atoms with Crippen molar-refractivity contribution < 1.29 is 9.90 Å². The molecule has 5 heterocycles. The van der Waals surface area contributed by atoms with Crippen molar-refractivity contribution in [2.75, 3.05) is 0 Å². The van der Waals surface area contributed by atoms with Crippen molar-refractivity contribution in [2.45, 2.75) is 19.7 Å². The Labute approximate surface area is 181 Å². The Balaban J connectivity index is 1.51. The zero-order valence-corrected chi connectivity index (χ0v) is 17.1. The molecule has 31 heavy (non-hydrogen) atoms. The molecular weight excluding hydrogens is 418 g/mol. The van der Waals surface area contributed by atoms with Crippen LogP contribution in [0.1, 0.15) is 27.4 Å². The Bertz CT molecular complexity index is 1370. The van der Waals surface area contributed by atoms with Gasteiger partial charge in [-0.15, -0.1) is 0 Å². The summed E-state index contributed by atoms with van der Waals surface area (Å²) in [6.45, 7) is 0.421. The van der Waals surface area contributed by atoms with Crippen molar-refractivity contribution >= 4 is 28.7 Å². The molecule has 5 aromatic heterocycles. The van der Waals surface area contributed by atoms with Crippen LogP contribution in [0.4, 0.5) is 0 Å². The average molecular weight is 436 g/mol. The lowest BCUT2D eigenvalue weighted by molar-refractivity contribution is 0.0727. The van der Waals surface area contributed by atoms with Gasteiger partial charge in [-0.2, -0.15) is 5.10 Å². The van der Waals surface area contributed by atoms with E-state index >= 15 is 0 Å². The van der Waals surface area contributed by atoms with Crippen LogP contribution in [0.25, 0.3) is 11.2 Å². The number of hydrogen-bond donors (Lipinski definition) is 2. The number of aliphatic hydroxyl groups is 1. The van der Waals surface area contributed by atoms with Gasteiger partial charge in [-0.1, -0.05) is 17.7 Å². The Hall–Kier alpha value is -3.69. The molecule has 9 nitrogen and oxygen atoms in total. The number of rotatable bonds is 6. The molecule has 0 aromatic carbocycles. The van der Waals surface area contributed by atoms with E-state index in [1.807, 2.05) is 45.5 Å². The van der Waals surface area contributed by atoms with E-state index < -0.39 is 0 Å². The molecule has 5 rings (SSSR count). The fourth-order valence-corrected chi connectivity index (χ4v) is 3.75. The van der Waals surface area contributed by atoms with Gasteiger partial charge in [0.2, 0.25) is 0 Å². The average Bonchev–Trinajstić information content (AvgIpc) is 3.52. The molecule has 0 fully saturated rings. The number of carbonyl (C=O) groups excluding carboxylic acids is 1. The van der Waals surface area contributed by atoms with Crippen molar-refractivity contribution in [3.63, 3.8) is 0 Å². The van der Waals surface area contributed by atoms with E-state index in [0.29, 0.717) is 21.9 Å². The van der Waals surface area contributed by atoms with Gasteiger partial charge in [-0.25, -0.2) is 9.97 Å². The number of imidazole rings is 2. The summed E-state index contributed by atoms with van der Waals surface area (Å²) in [4.78, 5) is 24.0. The second-order valence-electron chi connectivity index (χ2n) is 7.11. The van der Waals surface area contributed by atoms with Crippen LogP contribution in [-0.4, -0.2) is 44.9 Å². The number of fused-ring (bicyclic) bond motifs is 2. The number of hydrogen-bond acceptors (Lipinski definition) is 5. The lowest BCUT2D eigenvalue weighted by Crippen LogP contribution is -2.30. The molecule has 2 N–H and O–H groups in total. The number of amides is 1. The molecule has 0 atom stereocenters. The summed E-state index contributed by atoms with van der Waals surface area (Å²) in [5, 5.41) is 16.8. The number of pyridine rings is 2. The molecule has 0 unspecified atom stereocenters. The number of aromatic nitrogens is 6. The van der Waals surface area contributed by atoms with Crippen LogP contribution >= 0.6 is 11.6 Å². The minimum Gasteiger partial charge on any atom is -0.390 e. The molecule has 0 aliphatic heterocycles. The quantitative estimate of drug-likeness (QED) is 0.426. The first kappa shape index (κ1) is 19.3. The lowest BCUT2D eigenvalue weighted by Gasteiger charge is -2.20. The summed E-state index contributed by atoms with van der Waals surface area (Å²) >= 11 is 6.16. The number of nitrogens with zero attached hydrogens (tertiary/aromatic N) is 6. The summed E-state index contributed by atoms with van der Waals surface area (Å²) in [6, 6.07) is 9.13. The standard InChI is InChI=1S/C21H18ClN7O2/c22-15-4-5-27-13-23-18(19(27)6-15)11-28(21(31)14-7-24-25-8-14)9-16-10-29-17(12-30)2-1-3-20(29)26-16/h1-8,10,13,30H,9,11-12H2,(H,24,25). The highest BCUT2D eigenvalue weighted by Crippen LogP contribution is 2.20. The van der Waals surface area contributed by atoms with Gasteiger partial charge < -0.3 is 18.8 Å². The Kier molecular flexibility index (Phi) is 4.89. The monoisotopic (exact) mass is 435 g/mol. The van der Waals surface area contributed by atoms with E-state index in [0.717, 1.165) is 16.9 Å². The van der Waals surface area contributed by atoms with Crippen LogP contribution in [0.2, 0.25) is 5.02 Å². The predicted molar refractivity (Wildman–Crippen MR) is 113 cm³/mol. The molecule has 0 aliphatic rings. The van der Waals surface area contributed by atoms with E-state index in [1.165, 1.54) is 6.20 Å². The third-order valence-electron chi connectivity index (χ3n) is 5.10. The Morgan fingerprint density at radius 2 is 2.16 bits per heavy atom. The van der Waals surface area contributed by atoms with Crippen molar-refractivity contribution in [2.24, 2.45) is 0 Å². The fraction of sp³-hybridized carbons (Fsp3) is 0.143. The first-order valence-corrected chi connectivity index (χ1v) is 9.96. The number of H-pyrrole nitrogens is 1. The highest BCUT2D eigenvalue weighted by molar-refractivity contribution is 6.30. The van der Waals surface area contributed by atoms with Gasteiger partial charge in [0.1, 0.15) is 5.65 Å². The minimum atomic E-state index is -0.198. The normalized spacial score (nSPS) is 11.4. The van der Waals surface area contributed by atoms with Gasteiger partial charge in [0.15, 0.2) is 0 Å². The zero-order chi connectivity index (χ0) is 21.4. The van der Waals surface area contributed by atoms with E-state index in [9.17, 15) is 9.90 Å².